The predicted molar refractivity (Wildman–Crippen MR) is 105 cm³/mol. The van der Waals surface area contributed by atoms with Crippen LogP contribution < -0.4 is 5.32 Å². The Balaban J connectivity index is 1.82. The number of furan rings is 1. The number of carbonyl (C=O) groups is 3. The van der Waals surface area contributed by atoms with Gasteiger partial charge in [-0.3, -0.25) is 14.4 Å². The molecule has 4 rings (SSSR count). The molecule has 7 heteroatoms. The number of ketones is 1. The van der Waals surface area contributed by atoms with Crippen molar-refractivity contribution < 1.29 is 23.5 Å². The molecule has 0 radical (unpaired) electrons. The molecule has 1 aliphatic heterocycles. The molecule has 3 unspecified atom stereocenters. The van der Waals surface area contributed by atoms with E-state index >= 15 is 0 Å². The second kappa shape index (κ2) is 7.87. The van der Waals surface area contributed by atoms with E-state index in [-0.39, 0.29) is 24.7 Å². The monoisotopic (exact) mass is 413 g/mol. The van der Waals surface area contributed by atoms with Gasteiger partial charge in [-0.25, -0.2) is 0 Å². The van der Waals surface area contributed by atoms with Crippen molar-refractivity contribution in [1.82, 2.24) is 5.32 Å². The molecule has 0 saturated heterocycles. The van der Waals surface area contributed by atoms with Crippen molar-refractivity contribution in [3.8, 4) is 0 Å². The lowest BCUT2D eigenvalue weighted by Gasteiger charge is -2.37. The van der Waals surface area contributed by atoms with Crippen LogP contribution in [0.2, 0.25) is 5.02 Å². The number of ether oxygens (including phenoxy) is 1. The van der Waals surface area contributed by atoms with Crippen LogP contribution in [0.5, 0.6) is 0 Å². The van der Waals surface area contributed by atoms with E-state index in [1.54, 1.807) is 37.3 Å². The van der Waals surface area contributed by atoms with Crippen LogP contribution in [0, 0.1) is 5.92 Å². The SMILES string of the molecule is CCOC(=O)C1C(=O)C2=C(CC1c1ccco1)NC(=O)CC2c1cccc(Cl)c1. The fourth-order valence-electron chi connectivity index (χ4n) is 4.23. The summed E-state index contributed by atoms with van der Waals surface area (Å²) in [5.41, 5.74) is 1.76. The van der Waals surface area contributed by atoms with E-state index in [4.69, 9.17) is 20.8 Å². The topological polar surface area (TPSA) is 85.6 Å². The van der Waals surface area contributed by atoms with Crippen molar-refractivity contribution >= 4 is 29.3 Å². The maximum absolute atomic E-state index is 13.6. The number of hydrogen-bond acceptors (Lipinski definition) is 5. The molecule has 1 aromatic carbocycles. The molecule has 0 spiro atoms. The smallest absolute Gasteiger partial charge is 0.317 e. The van der Waals surface area contributed by atoms with Gasteiger partial charge in [-0.15, -0.1) is 0 Å². The number of hydrogen-bond donors (Lipinski definition) is 1. The summed E-state index contributed by atoms with van der Waals surface area (Å²) in [7, 11) is 0. The zero-order valence-corrected chi connectivity index (χ0v) is 16.6. The first-order chi connectivity index (χ1) is 14.0. The largest absolute Gasteiger partial charge is 0.469 e. The Kier molecular flexibility index (Phi) is 5.28. The Bertz CT molecular complexity index is 994. The van der Waals surface area contributed by atoms with Gasteiger partial charge in [0.25, 0.3) is 0 Å². The molecule has 3 atom stereocenters. The predicted octanol–water partition coefficient (Wildman–Crippen LogP) is 3.73. The average molecular weight is 414 g/mol. The van der Waals surface area contributed by atoms with Gasteiger partial charge >= 0.3 is 5.97 Å². The van der Waals surface area contributed by atoms with Gasteiger partial charge in [0.15, 0.2) is 5.78 Å². The highest BCUT2D eigenvalue weighted by Crippen LogP contribution is 2.46. The van der Waals surface area contributed by atoms with Gasteiger partial charge in [0.05, 0.1) is 12.9 Å². The number of allylic oxidation sites excluding steroid dienone is 2. The van der Waals surface area contributed by atoms with Crippen molar-refractivity contribution in [3.63, 3.8) is 0 Å². The molecule has 1 amide bonds. The highest BCUT2D eigenvalue weighted by Gasteiger charge is 2.48. The van der Waals surface area contributed by atoms with E-state index in [1.165, 1.54) is 6.26 Å². The number of halogens is 1. The van der Waals surface area contributed by atoms with Crippen LogP contribution in [0.1, 0.15) is 42.9 Å². The number of esters is 1. The van der Waals surface area contributed by atoms with Crippen molar-refractivity contribution in [2.24, 2.45) is 5.92 Å². The summed E-state index contributed by atoms with van der Waals surface area (Å²) in [5.74, 6) is -2.58. The second-order valence-electron chi connectivity index (χ2n) is 7.17. The van der Waals surface area contributed by atoms with E-state index in [9.17, 15) is 14.4 Å². The third-order valence-electron chi connectivity index (χ3n) is 5.43. The number of carbonyl (C=O) groups excluding carboxylic acids is 3. The Morgan fingerprint density at radius 3 is 2.76 bits per heavy atom. The van der Waals surface area contributed by atoms with Gasteiger partial charge in [0, 0.05) is 34.5 Å². The quantitative estimate of drug-likeness (QED) is 0.609. The van der Waals surface area contributed by atoms with Crippen molar-refractivity contribution in [2.75, 3.05) is 6.61 Å². The summed E-state index contributed by atoms with van der Waals surface area (Å²) in [6.45, 7) is 1.88. The lowest BCUT2D eigenvalue weighted by Crippen LogP contribution is -2.44. The van der Waals surface area contributed by atoms with Gasteiger partial charge in [-0.2, -0.15) is 0 Å². The molecule has 1 aromatic heterocycles. The minimum Gasteiger partial charge on any atom is -0.469 e. The summed E-state index contributed by atoms with van der Waals surface area (Å²) in [6, 6.07) is 10.5. The number of amides is 1. The van der Waals surface area contributed by atoms with Gasteiger partial charge in [0.1, 0.15) is 11.7 Å². The van der Waals surface area contributed by atoms with E-state index in [2.05, 4.69) is 5.32 Å². The summed E-state index contributed by atoms with van der Waals surface area (Å²) in [6.07, 6.45) is 1.92. The fraction of sp³-hybridized carbons (Fsp3) is 0.318. The summed E-state index contributed by atoms with van der Waals surface area (Å²) >= 11 is 6.14. The van der Waals surface area contributed by atoms with Gasteiger partial charge < -0.3 is 14.5 Å². The summed E-state index contributed by atoms with van der Waals surface area (Å²) in [5, 5.41) is 3.36. The minimum absolute atomic E-state index is 0.117. The Morgan fingerprint density at radius 2 is 2.07 bits per heavy atom. The maximum atomic E-state index is 13.6. The molecule has 6 nitrogen and oxygen atoms in total. The normalized spacial score (nSPS) is 24.1. The molecule has 1 N–H and O–H groups in total. The first-order valence-electron chi connectivity index (χ1n) is 9.52. The van der Waals surface area contributed by atoms with Crippen LogP contribution >= 0.6 is 11.6 Å². The second-order valence-corrected chi connectivity index (χ2v) is 7.61. The van der Waals surface area contributed by atoms with E-state index in [0.717, 1.165) is 5.56 Å². The van der Waals surface area contributed by atoms with Crippen LogP contribution in [-0.4, -0.2) is 24.3 Å². The third-order valence-corrected chi connectivity index (χ3v) is 5.66. The van der Waals surface area contributed by atoms with Crippen LogP contribution in [0.25, 0.3) is 0 Å². The molecular formula is C22H20ClNO5. The summed E-state index contributed by atoms with van der Waals surface area (Å²) in [4.78, 5) is 38.7. The summed E-state index contributed by atoms with van der Waals surface area (Å²) < 4.78 is 10.7. The number of nitrogens with one attached hydrogen (secondary N) is 1. The number of benzene rings is 1. The molecule has 0 fully saturated rings. The van der Waals surface area contributed by atoms with Gasteiger partial charge in [-0.05, 0) is 43.2 Å². The first-order valence-corrected chi connectivity index (χ1v) is 9.90. The average Bonchev–Trinajstić information content (AvgIpc) is 3.21. The molecule has 2 heterocycles. The lowest BCUT2D eigenvalue weighted by molar-refractivity contribution is -0.152. The standard InChI is InChI=1S/C22H20ClNO5/c1-2-28-22(27)20-15(17-7-4-8-29-17)10-16-19(21(20)26)14(11-18(25)24-16)12-5-3-6-13(23)9-12/h3-9,14-15,20H,2,10-11H2,1H3,(H,24,25). The van der Waals surface area contributed by atoms with E-state index < -0.39 is 23.7 Å². The first kappa shape index (κ1) is 19.5. The zero-order chi connectivity index (χ0) is 20.5. The van der Waals surface area contributed by atoms with Crippen molar-refractivity contribution in [1.29, 1.82) is 0 Å². The Morgan fingerprint density at radius 1 is 1.24 bits per heavy atom. The number of rotatable bonds is 4. The van der Waals surface area contributed by atoms with E-state index in [0.29, 0.717) is 28.5 Å². The zero-order valence-electron chi connectivity index (χ0n) is 15.8. The maximum Gasteiger partial charge on any atom is 0.317 e. The van der Waals surface area contributed by atoms with Crippen LogP contribution in [0.3, 0.4) is 0 Å². The molecular weight excluding hydrogens is 394 g/mol. The lowest BCUT2D eigenvalue weighted by atomic mass is 9.69. The van der Waals surface area contributed by atoms with Crippen LogP contribution in [-0.2, 0) is 19.1 Å². The highest BCUT2D eigenvalue weighted by molar-refractivity contribution is 6.30. The highest BCUT2D eigenvalue weighted by atomic mass is 35.5. The van der Waals surface area contributed by atoms with Crippen molar-refractivity contribution in [2.45, 2.75) is 31.6 Å². The Hall–Kier alpha value is -2.86. The molecule has 150 valence electrons. The van der Waals surface area contributed by atoms with Crippen molar-refractivity contribution in [3.05, 3.63) is 70.3 Å². The number of Topliss-reactive ketones (excluding diaryl/α,β-unsaturated/α-hetero) is 1. The van der Waals surface area contributed by atoms with Crippen LogP contribution in [0.15, 0.2) is 58.3 Å². The molecule has 2 aliphatic rings. The van der Waals surface area contributed by atoms with Gasteiger partial charge in [0.2, 0.25) is 5.91 Å². The molecule has 0 bridgehead atoms. The third kappa shape index (κ3) is 3.60. The molecule has 1 aliphatic carbocycles. The Labute approximate surface area is 172 Å². The van der Waals surface area contributed by atoms with E-state index in [1.807, 2.05) is 6.07 Å². The van der Waals surface area contributed by atoms with Gasteiger partial charge in [-0.1, -0.05) is 23.7 Å². The molecule has 29 heavy (non-hydrogen) atoms. The molecule has 2 aromatic rings. The minimum atomic E-state index is -1.02. The molecule has 0 saturated carbocycles. The fourth-order valence-corrected chi connectivity index (χ4v) is 4.43. The van der Waals surface area contributed by atoms with Crippen LogP contribution in [0.4, 0.5) is 0 Å².